The van der Waals surface area contributed by atoms with E-state index < -0.39 is 0 Å². The molecule has 1 aliphatic heterocycles. The lowest BCUT2D eigenvalue weighted by Gasteiger charge is -2.22. The van der Waals surface area contributed by atoms with E-state index in [1.54, 1.807) is 0 Å². The maximum absolute atomic E-state index is 12.3. The van der Waals surface area contributed by atoms with E-state index >= 15 is 0 Å². The molecule has 1 aliphatic rings. The molecule has 1 rings (SSSR count). The van der Waals surface area contributed by atoms with Crippen LogP contribution in [0.25, 0.3) is 0 Å². The van der Waals surface area contributed by atoms with E-state index in [9.17, 15) is 4.79 Å². The van der Waals surface area contributed by atoms with Crippen molar-refractivity contribution < 1.29 is 4.79 Å². The molecule has 0 aromatic carbocycles. The Kier molecular flexibility index (Phi) is 7.75. The number of carbonyl (C=O) groups is 1. The van der Waals surface area contributed by atoms with Crippen LogP contribution in [0.3, 0.4) is 0 Å². The van der Waals surface area contributed by atoms with E-state index in [4.69, 9.17) is 0 Å². The molecule has 0 radical (unpaired) electrons. The van der Waals surface area contributed by atoms with E-state index in [1.807, 2.05) is 11.8 Å². The summed E-state index contributed by atoms with van der Waals surface area (Å²) in [6.07, 6.45) is 9.05. The van der Waals surface area contributed by atoms with E-state index in [0.29, 0.717) is 5.91 Å². The minimum atomic E-state index is 0.0791. The first-order valence-corrected chi connectivity index (χ1v) is 8.69. The Bertz CT molecular complexity index is 248. The zero-order valence-electron chi connectivity index (χ0n) is 12.1. The molecule has 1 fully saturated rings. The summed E-state index contributed by atoms with van der Waals surface area (Å²) in [7, 11) is 0. The third-order valence-electron chi connectivity index (χ3n) is 3.58. The molecule has 2 atom stereocenters. The number of thioether (sulfide) groups is 1. The second-order valence-electron chi connectivity index (χ2n) is 5.02. The van der Waals surface area contributed by atoms with Crippen LogP contribution in [-0.2, 0) is 4.79 Å². The molecule has 1 saturated heterocycles. The van der Waals surface area contributed by atoms with Crippen molar-refractivity contribution in [2.24, 2.45) is 0 Å². The Morgan fingerprint density at radius 2 is 2.06 bits per heavy atom. The minimum absolute atomic E-state index is 0.0791. The first kappa shape index (κ1) is 15.8. The lowest BCUT2D eigenvalue weighted by molar-refractivity contribution is -0.130. The van der Waals surface area contributed by atoms with Gasteiger partial charge in [-0.15, -0.1) is 0 Å². The van der Waals surface area contributed by atoms with Gasteiger partial charge in [0, 0.05) is 6.54 Å². The normalized spacial score (nSPS) is 23.9. The molecule has 0 spiro atoms. The monoisotopic (exact) mass is 272 g/mol. The maximum Gasteiger partial charge on any atom is 0.241 e. The summed E-state index contributed by atoms with van der Waals surface area (Å²) in [5, 5.41) is 3.49. The van der Waals surface area contributed by atoms with E-state index in [1.165, 1.54) is 12.2 Å². The van der Waals surface area contributed by atoms with Gasteiger partial charge in [0.1, 0.15) is 0 Å². The third kappa shape index (κ3) is 4.47. The SMILES string of the molecule is CCCCC1NC(CC)N(CCCCSC)C1=O. The van der Waals surface area contributed by atoms with Gasteiger partial charge in [-0.3, -0.25) is 10.1 Å². The van der Waals surface area contributed by atoms with Gasteiger partial charge in [-0.25, -0.2) is 0 Å². The second-order valence-corrected chi connectivity index (χ2v) is 6.00. The Hall–Kier alpha value is -0.220. The summed E-state index contributed by atoms with van der Waals surface area (Å²) in [4.78, 5) is 14.4. The average molecular weight is 272 g/mol. The molecule has 0 aliphatic carbocycles. The summed E-state index contributed by atoms with van der Waals surface area (Å²) in [5.74, 6) is 1.53. The Morgan fingerprint density at radius 3 is 2.67 bits per heavy atom. The van der Waals surface area contributed by atoms with Gasteiger partial charge in [-0.2, -0.15) is 11.8 Å². The fourth-order valence-electron chi connectivity index (χ4n) is 2.50. The topological polar surface area (TPSA) is 32.3 Å². The molecule has 0 bridgehead atoms. The quantitative estimate of drug-likeness (QED) is 0.655. The summed E-state index contributed by atoms with van der Waals surface area (Å²) in [5.41, 5.74) is 0. The predicted octanol–water partition coefficient (Wildman–Crippen LogP) is 2.86. The highest BCUT2D eigenvalue weighted by atomic mass is 32.2. The van der Waals surface area contributed by atoms with Crippen LogP contribution >= 0.6 is 11.8 Å². The molecule has 1 amide bonds. The van der Waals surface area contributed by atoms with Crippen LogP contribution < -0.4 is 5.32 Å². The number of hydrogen-bond acceptors (Lipinski definition) is 3. The van der Waals surface area contributed by atoms with Crippen LogP contribution in [0.1, 0.15) is 52.4 Å². The third-order valence-corrected chi connectivity index (χ3v) is 4.28. The van der Waals surface area contributed by atoms with Crippen LogP contribution in [0.2, 0.25) is 0 Å². The fraction of sp³-hybridized carbons (Fsp3) is 0.929. The molecular formula is C14H28N2OS. The molecular weight excluding hydrogens is 244 g/mol. The number of nitrogens with one attached hydrogen (secondary N) is 1. The molecule has 3 nitrogen and oxygen atoms in total. The lowest BCUT2D eigenvalue weighted by Crippen LogP contribution is -2.37. The molecule has 0 aromatic heterocycles. The van der Waals surface area contributed by atoms with Crippen LogP contribution in [-0.4, -0.2) is 41.6 Å². The van der Waals surface area contributed by atoms with Crippen molar-refractivity contribution in [2.75, 3.05) is 18.6 Å². The zero-order chi connectivity index (χ0) is 13.4. The molecule has 1 heterocycles. The van der Waals surface area contributed by atoms with Crippen molar-refractivity contribution in [3.8, 4) is 0 Å². The van der Waals surface area contributed by atoms with E-state index in [-0.39, 0.29) is 12.2 Å². The van der Waals surface area contributed by atoms with Crippen LogP contribution in [0.4, 0.5) is 0 Å². The number of carbonyl (C=O) groups excluding carboxylic acids is 1. The molecule has 106 valence electrons. The smallest absolute Gasteiger partial charge is 0.241 e. The van der Waals surface area contributed by atoms with Crippen molar-refractivity contribution in [1.29, 1.82) is 0 Å². The predicted molar refractivity (Wildman–Crippen MR) is 79.9 cm³/mol. The Balaban J connectivity index is 2.41. The van der Waals surface area contributed by atoms with E-state index in [2.05, 4.69) is 30.3 Å². The van der Waals surface area contributed by atoms with Crippen LogP contribution in [0, 0.1) is 0 Å². The van der Waals surface area contributed by atoms with Gasteiger partial charge in [-0.05, 0) is 37.7 Å². The van der Waals surface area contributed by atoms with Crippen molar-refractivity contribution in [3.63, 3.8) is 0 Å². The van der Waals surface area contributed by atoms with Gasteiger partial charge in [0.15, 0.2) is 0 Å². The standard InChI is InChI=1S/C14H28N2OS/c1-4-6-9-12-14(17)16(13(5-2)15-12)10-7-8-11-18-3/h12-13,15H,4-11H2,1-3H3. The van der Waals surface area contributed by atoms with Gasteiger partial charge >= 0.3 is 0 Å². The molecule has 1 N–H and O–H groups in total. The van der Waals surface area contributed by atoms with E-state index in [0.717, 1.165) is 38.6 Å². The molecule has 4 heteroatoms. The number of unbranched alkanes of at least 4 members (excludes halogenated alkanes) is 2. The minimum Gasteiger partial charge on any atom is -0.326 e. The second kappa shape index (κ2) is 8.81. The number of hydrogen-bond donors (Lipinski definition) is 1. The van der Waals surface area contributed by atoms with Crippen molar-refractivity contribution in [3.05, 3.63) is 0 Å². The highest BCUT2D eigenvalue weighted by molar-refractivity contribution is 7.98. The van der Waals surface area contributed by atoms with Gasteiger partial charge < -0.3 is 4.90 Å². The fourth-order valence-corrected chi connectivity index (χ4v) is 2.99. The van der Waals surface area contributed by atoms with Gasteiger partial charge in [0.05, 0.1) is 12.2 Å². The zero-order valence-corrected chi connectivity index (χ0v) is 12.9. The Morgan fingerprint density at radius 1 is 1.28 bits per heavy atom. The van der Waals surface area contributed by atoms with Crippen LogP contribution in [0.5, 0.6) is 0 Å². The summed E-state index contributed by atoms with van der Waals surface area (Å²) in [6.45, 7) is 5.26. The number of rotatable bonds is 9. The van der Waals surface area contributed by atoms with Gasteiger partial charge in [-0.1, -0.05) is 26.7 Å². The first-order chi connectivity index (χ1) is 8.74. The molecule has 0 aromatic rings. The Labute approximate surface area is 116 Å². The van der Waals surface area contributed by atoms with Crippen LogP contribution in [0.15, 0.2) is 0 Å². The van der Waals surface area contributed by atoms with Crippen molar-refractivity contribution in [1.82, 2.24) is 10.2 Å². The number of amides is 1. The summed E-state index contributed by atoms with van der Waals surface area (Å²) >= 11 is 1.88. The summed E-state index contributed by atoms with van der Waals surface area (Å²) < 4.78 is 0. The van der Waals surface area contributed by atoms with Crippen molar-refractivity contribution >= 4 is 17.7 Å². The average Bonchev–Trinajstić information content (AvgIpc) is 2.69. The summed E-state index contributed by atoms with van der Waals surface area (Å²) in [6, 6.07) is 0.0791. The maximum atomic E-state index is 12.3. The van der Waals surface area contributed by atoms with Gasteiger partial charge in [0.25, 0.3) is 0 Å². The number of nitrogens with zero attached hydrogens (tertiary/aromatic N) is 1. The first-order valence-electron chi connectivity index (χ1n) is 7.30. The highest BCUT2D eigenvalue weighted by Crippen LogP contribution is 2.18. The molecule has 18 heavy (non-hydrogen) atoms. The largest absolute Gasteiger partial charge is 0.326 e. The molecule has 2 unspecified atom stereocenters. The molecule has 0 saturated carbocycles. The highest BCUT2D eigenvalue weighted by Gasteiger charge is 2.36. The lowest BCUT2D eigenvalue weighted by atomic mass is 10.1. The van der Waals surface area contributed by atoms with Crippen molar-refractivity contribution in [2.45, 2.75) is 64.6 Å². The van der Waals surface area contributed by atoms with Gasteiger partial charge in [0.2, 0.25) is 5.91 Å².